The van der Waals surface area contributed by atoms with Gasteiger partial charge in [-0.3, -0.25) is 19.8 Å². The zero-order chi connectivity index (χ0) is 47.6. The van der Waals surface area contributed by atoms with Crippen LogP contribution in [0.15, 0.2) is 83.9 Å². The minimum absolute atomic E-state index is 0.0244. The van der Waals surface area contributed by atoms with Crippen molar-refractivity contribution < 1.29 is 37.1 Å². The number of benzene rings is 3. The molecule has 3 aromatic carbocycles. The van der Waals surface area contributed by atoms with Crippen molar-refractivity contribution in [1.29, 1.82) is 0 Å². The standard InChI is InChI=1S/C52H60N8O9S/c61-49(56-70(64,65)38-9-11-41(43(28-38)60(62)63)54-31-34-13-23-66-24-14-34)39-10-8-36(27-42(39)59-44-26-35-12-19-53-48(35)55-50(44)69-47-33-67-32-45(47)59)57-21-16-51(17-22-57)29-37(30-51)58-20-5-1-4-15-52(58)18-25-68-46-7-3-2-6-40(46)52/h2-3,6-12,19,26-28,34,37,45,47,54H,1,4-5,13-18,20-25,29-33H2,(H,53,55)(H,56,61)/t45-,47-,52-/m1/s1. The number of hydrogen-bond donors (Lipinski definition) is 3. The third-order valence-corrected chi connectivity index (χ3v) is 17.9. The van der Waals surface area contributed by atoms with Crippen LogP contribution in [-0.4, -0.2) is 112 Å². The van der Waals surface area contributed by atoms with Crippen LogP contribution in [0.5, 0.6) is 11.6 Å². The third-order valence-electron chi connectivity index (χ3n) is 16.6. The highest BCUT2D eigenvalue weighted by Gasteiger charge is 2.54. The number of rotatable bonds is 10. The van der Waals surface area contributed by atoms with E-state index in [1.807, 2.05) is 35.4 Å². The van der Waals surface area contributed by atoms with Gasteiger partial charge in [0.15, 0.2) is 0 Å². The van der Waals surface area contributed by atoms with Gasteiger partial charge in [0.05, 0.1) is 52.5 Å². The summed E-state index contributed by atoms with van der Waals surface area (Å²) < 4.78 is 54.6. The minimum Gasteiger partial charge on any atom is -0.493 e. The van der Waals surface area contributed by atoms with Gasteiger partial charge < -0.3 is 39.0 Å². The van der Waals surface area contributed by atoms with Gasteiger partial charge in [-0.15, -0.1) is 0 Å². The second-order valence-electron chi connectivity index (χ2n) is 20.5. The number of nitro groups is 1. The van der Waals surface area contributed by atoms with Crippen LogP contribution in [0.1, 0.15) is 86.6 Å². The summed E-state index contributed by atoms with van der Waals surface area (Å²) in [5.41, 5.74) is 4.25. The number of hydrogen-bond acceptors (Lipinski definition) is 14. The van der Waals surface area contributed by atoms with Crippen LogP contribution in [-0.2, 0) is 25.0 Å². The van der Waals surface area contributed by atoms with E-state index in [-0.39, 0.29) is 34.2 Å². The molecule has 7 aliphatic rings. The van der Waals surface area contributed by atoms with Crippen molar-refractivity contribution in [3.8, 4) is 11.6 Å². The SMILES string of the molecule is O=C(NS(=O)(=O)c1ccc(NCC2CCOCC2)c([N+](=O)[O-])c1)c1ccc(N2CCC3(CC2)CC(N2CCCCC[C@]24CCOc2ccccc24)C3)cc1N1c2cc3cc[nH]c3nc2O[C@@H]2COC[C@H]21. The summed E-state index contributed by atoms with van der Waals surface area (Å²) in [4.78, 5) is 41.2. The highest BCUT2D eigenvalue weighted by molar-refractivity contribution is 7.90. The maximum Gasteiger partial charge on any atom is 0.293 e. The van der Waals surface area contributed by atoms with E-state index in [0.29, 0.717) is 61.9 Å². The van der Waals surface area contributed by atoms with E-state index in [0.717, 1.165) is 81.2 Å². The quantitative estimate of drug-likeness (QED) is 0.0900. The fourth-order valence-corrected chi connectivity index (χ4v) is 13.8. The number of ether oxygens (including phenoxy) is 4. The summed E-state index contributed by atoms with van der Waals surface area (Å²) in [6.07, 6.45) is 13.4. The first-order valence-electron chi connectivity index (χ1n) is 25.1. The third kappa shape index (κ3) is 8.09. The average Bonchev–Trinajstić information content (AvgIpc) is 3.99. The first kappa shape index (κ1) is 45.2. The van der Waals surface area contributed by atoms with Crippen LogP contribution >= 0.6 is 0 Å². The normalized spacial score (nSPS) is 24.7. The number of H-pyrrole nitrogens is 1. The van der Waals surface area contributed by atoms with Crippen LogP contribution < -0.4 is 29.3 Å². The largest absolute Gasteiger partial charge is 0.493 e. The molecule has 5 fully saturated rings. The molecule has 12 rings (SSSR count). The first-order chi connectivity index (χ1) is 34.1. The Morgan fingerprint density at radius 3 is 2.57 bits per heavy atom. The molecule has 1 saturated carbocycles. The minimum atomic E-state index is -4.59. The van der Waals surface area contributed by atoms with Gasteiger partial charge >= 0.3 is 0 Å². The molecular weight excluding hydrogens is 913 g/mol. The Labute approximate surface area is 407 Å². The number of amides is 1. The fraction of sp³-hybridized carbons (Fsp3) is 0.500. The van der Waals surface area contributed by atoms with Gasteiger partial charge in [-0.2, -0.15) is 4.98 Å². The Morgan fingerprint density at radius 1 is 0.886 bits per heavy atom. The van der Waals surface area contributed by atoms with Crippen molar-refractivity contribution in [2.24, 2.45) is 11.3 Å². The number of carbonyl (C=O) groups is 1. The molecule has 0 unspecified atom stereocenters. The average molecular weight is 973 g/mol. The highest BCUT2D eigenvalue weighted by Crippen LogP contribution is 2.57. The zero-order valence-corrected chi connectivity index (χ0v) is 40.1. The van der Waals surface area contributed by atoms with Gasteiger partial charge in [-0.25, -0.2) is 13.1 Å². The van der Waals surface area contributed by atoms with Crippen molar-refractivity contribution in [3.05, 3.63) is 100 Å². The monoisotopic (exact) mass is 972 g/mol. The molecule has 1 amide bonds. The Hall–Kier alpha value is -5.95. The molecule has 2 spiro atoms. The lowest BCUT2D eigenvalue weighted by Gasteiger charge is -2.60. The van der Waals surface area contributed by atoms with E-state index < -0.39 is 37.5 Å². The maximum absolute atomic E-state index is 14.6. The molecule has 0 radical (unpaired) electrons. The van der Waals surface area contributed by atoms with E-state index in [2.05, 4.69) is 49.1 Å². The summed E-state index contributed by atoms with van der Waals surface area (Å²) in [5, 5.41) is 16.3. The first-order valence-corrected chi connectivity index (χ1v) is 26.6. The van der Waals surface area contributed by atoms with Crippen LogP contribution in [0.4, 0.5) is 28.4 Å². The molecule has 1 aliphatic carbocycles. The summed E-state index contributed by atoms with van der Waals surface area (Å²) >= 11 is 0. The Bertz CT molecular complexity index is 2930. The summed E-state index contributed by atoms with van der Waals surface area (Å²) in [6.45, 7) is 5.92. The van der Waals surface area contributed by atoms with Crippen molar-refractivity contribution in [3.63, 3.8) is 0 Å². The number of piperidine rings is 1. The van der Waals surface area contributed by atoms with Crippen LogP contribution in [0.2, 0.25) is 0 Å². The molecule has 6 aliphatic heterocycles. The lowest BCUT2D eigenvalue weighted by atomic mass is 9.59. The number of aromatic nitrogens is 2. The predicted molar refractivity (Wildman–Crippen MR) is 264 cm³/mol. The molecular formula is C52H60N8O9S. The van der Waals surface area contributed by atoms with Crippen LogP contribution in [0.3, 0.4) is 0 Å². The van der Waals surface area contributed by atoms with E-state index in [9.17, 15) is 23.3 Å². The lowest BCUT2D eigenvalue weighted by Crippen LogP contribution is -2.61. The molecule has 3 N–H and O–H groups in total. The number of carbonyl (C=O) groups excluding carboxylic acids is 1. The number of nitrogens with zero attached hydrogens (tertiary/aromatic N) is 5. The van der Waals surface area contributed by atoms with E-state index >= 15 is 0 Å². The second-order valence-corrected chi connectivity index (χ2v) is 22.2. The molecule has 0 bridgehead atoms. The highest BCUT2D eigenvalue weighted by atomic mass is 32.2. The van der Waals surface area contributed by atoms with E-state index in [1.54, 1.807) is 6.07 Å². The van der Waals surface area contributed by atoms with E-state index in [4.69, 9.17) is 23.9 Å². The number of nitrogens with one attached hydrogen (secondary N) is 3. The molecule has 70 heavy (non-hydrogen) atoms. The predicted octanol–water partition coefficient (Wildman–Crippen LogP) is 8.03. The number of likely N-dealkylation sites (tertiary alicyclic amines) is 1. The van der Waals surface area contributed by atoms with Crippen molar-refractivity contribution in [1.82, 2.24) is 19.6 Å². The number of nitro benzene ring substituents is 1. The van der Waals surface area contributed by atoms with Gasteiger partial charge in [-0.1, -0.05) is 31.0 Å². The summed E-state index contributed by atoms with van der Waals surface area (Å²) in [5.74, 6) is 0.816. The summed E-state index contributed by atoms with van der Waals surface area (Å²) in [7, 11) is -4.59. The fourth-order valence-electron chi connectivity index (χ4n) is 12.8. The van der Waals surface area contributed by atoms with E-state index in [1.165, 1.54) is 56.2 Å². The number of aromatic amines is 1. The molecule has 18 heteroatoms. The molecule has 3 atom stereocenters. The van der Waals surface area contributed by atoms with Crippen molar-refractivity contribution >= 4 is 55.4 Å². The second kappa shape index (κ2) is 18.0. The van der Waals surface area contributed by atoms with Crippen LogP contribution in [0.25, 0.3) is 11.0 Å². The van der Waals surface area contributed by atoms with Crippen molar-refractivity contribution in [2.75, 3.05) is 74.3 Å². The van der Waals surface area contributed by atoms with Gasteiger partial charge in [0.1, 0.15) is 28.9 Å². The summed E-state index contributed by atoms with van der Waals surface area (Å²) in [6, 6.07) is 22.0. The Morgan fingerprint density at radius 2 is 1.73 bits per heavy atom. The van der Waals surface area contributed by atoms with Gasteiger partial charge in [0.2, 0.25) is 5.88 Å². The number of sulfonamides is 1. The maximum atomic E-state index is 14.6. The molecule has 17 nitrogen and oxygen atoms in total. The zero-order valence-electron chi connectivity index (χ0n) is 39.3. The smallest absolute Gasteiger partial charge is 0.293 e. The molecule has 2 aromatic heterocycles. The molecule has 368 valence electrons. The lowest BCUT2D eigenvalue weighted by molar-refractivity contribution is -0.384. The van der Waals surface area contributed by atoms with Gasteiger partial charge in [0, 0.05) is 74.2 Å². The number of pyridine rings is 1. The molecule has 5 aromatic rings. The molecule has 8 heterocycles. The van der Waals surface area contributed by atoms with Gasteiger partial charge in [-0.05, 0) is 118 Å². The number of para-hydroxylation sites is 1. The van der Waals surface area contributed by atoms with Gasteiger partial charge in [0.25, 0.3) is 21.6 Å². The topological polar surface area (TPSA) is 194 Å². The Kier molecular flexibility index (Phi) is 11.6. The van der Waals surface area contributed by atoms with Crippen LogP contribution in [0, 0.1) is 21.4 Å². The number of anilines is 4. The van der Waals surface area contributed by atoms with Crippen molar-refractivity contribution in [2.45, 2.75) is 99.3 Å². The molecule has 4 saturated heterocycles. The number of fused-ring (bicyclic) bond motifs is 5. The Balaban J connectivity index is 0.825.